The Kier molecular flexibility index (Phi) is 4.26. The lowest BCUT2D eigenvalue weighted by molar-refractivity contribution is -0.114. The second-order valence-corrected chi connectivity index (χ2v) is 8.99. The van der Waals surface area contributed by atoms with Crippen molar-refractivity contribution in [3.05, 3.63) is 35.4 Å². The maximum Gasteiger partial charge on any atom is 0.303 e. The number of fused-ring (bicyclic) bond motifs is 2. The Hall–Kier alpha value is -3.15. The summed E-state index contributed by atoms with van der Waals surface area (Å²) >= 11 is 0. The summed E-state index contributed by atoms with van der Waals surface area (Å²) in [6, 6.07) is 5.78. The number of nitrogens with zero attached hydrogens (tertiary/aromatic N) is 5. The Morgan fingerprint density at radius 1 is 1.32 bits per heavy atom. The van der Waals surface area contributed by atoms with Crippen molar-refractivity contribution in [2.45, 2.75) is 56.8 Å². The zero-order valence-electron chi connectivity index (χ0n) is 17.3. The van der Waals surface area contributed by atoms with E-state index in [9.17, 15) is 13.6 Å². The Bertz CT molecular complexity index is 1110. The van der Waals surface area contributed by atoms with Gasteiger partial charge in [0.1, 0.15) is 11.6 Å². The topological polar surface area (TPSA) is 94.8 Å². The minimum atomic E-state index is -3.18. The van der Waals surface area contributed by atoms with Gasteiger partial charge in [-0.1, -0.05) is 0 Å². The molecule has 5 rings (SSSR count). The highest BCUT2D eigenvalue weighted by molar-refractivity contribution is 5.89. The van der Waals surface area contributed by atoms with Crippen LogP contribution in [0.15, 0.2) is 18.3 Å². The Morgan fingerprint density at radius 3 is 2.68 bits per heavy atom. The predicted octanol–water partition coefficient (Wildman–Crippen LogP) is 4.14. The third-order valence-electron chi connectivity index (χ3n) is 6.50. The van der Waals surface area contributed by atoms with Gasteiger partial charge in [0.15, 0.2) is 0 Å². The number of halogens is 2. The van der Waals surface area contributed by atoms with Crippen LogP contribution < -0.4 is 10.2 Å². The Balaban J connectivity index is 1.57. The van der Waals surface area contributed by atoms with Crippen molar-refractivity contribution in [3.63, 3.8) is 0 Å². The van der Waals surface area contributed by atoms with Gasteiger partial charge in [-0.15, -0.1) is 0 Å². The van der Waals surface area contributed by atoms with Crippen molar-refractivity contribution in [3.8, 4) is 6.07 Å². The molecule has 0 unspecified atom stereocenters. The number of carbonyl (C=O) groups excluding carboxylic acids is 1. The maximum atomic E-state index is 14.2. The average molecular weight is 424 g/mol. The standard InChI is InChI=1S/C22H22F2N6O/c1-12(31)27-18-8-17-15(10-26-18)22(3-4-22)11-30(17)19-7-16(14-5-13(6-14)9-25)28-20(29-19)21(2,23)24/h7-8,10,13-14H,3-6,11H2,1-2H3,(H,26,27,31). The van der Waals surface area contributed by atoms with Gasteiger partial charge in [0.2, 0.25) is 11.7 Å². The Morgan fingerprint density at radius 2 is 2.06 bits per heavy atom. The van der Waals surface area contributed by atoms with Crippen LogP contribution in [-0.4, -0.2) is 27.4 Å². The van der Waals surface area contributed by atoms with E-state index in [1.165, 1.54) is 6.92 Å². The van der Waals surface area contributed by atoms with Gasteiger partial charge in [0.25, 0.3) is 0 Å². The molecule has 1 aliphatic heterocycles. The molecule has 0 saturated heterocycles. The van der Waals surface area contributed by atoms with Gasteiger partial charge < -0.3 is 10.2 Å². The number of anilines is 3. The molecule has 1 spiro atoms. The molecule has 3 heterocycles. The fourth-order valence-corrected chi connectivity index (χ4v) is 4.54. The molecular formula is C22H22F2N6O. The molecule has 0 bridgehead atoms. The van der Waals surface area contributed by atoms with Crippen LogP contribution in [-0.2, 0) is 16.1 Å². The van der Waals surface area contributed by atoms with Gasteiger partial charge >= 0.3 is 5.92 Å². The first-order valence-electron chi connectivity index (χ1n) is 10.4. The normalized spacial score (nSPS) is 23.1. The number of aromatic nitrogens is 3. The third kappa shape index (κ3) is 3.40. The van der Waals surface area contributed by atoms with Crippen molar-refractivity contribution < 1.29 is 13.6 Å². The smallest absolute Gasteiger partial charge is 0.303 e. The number of hydrogen-bond acceptors (Lipinski definition) is 6. The summed E-state index contributed by atoms with van der Waals surface area (Å²) in [7, 11) is 0. The van der Waals surface area contributed by atoms with Gasteiger partial charge in [-0.3, -0.25) is 4.79 Å². The number of carbonyl (C=O) groups is 1. The highest BCUT2D eigenvalue weighted by Crippen LogP contribution is 2.58. The molecule has 0 aromatic carbocycles. The van der Waals surface area contributed by atoms with Crippen molar-refractivity contribution in [2.75, 3.05) is 16.8 Å². The summed E-state index contributed by atoms with van der Waals surface area (Å²) < 4.78 is 28.5. The summed E-state index contributed by atoms with van der Waals surface area (Å²) in [4.78, 5) is 26.2. The summed E-state index contributed by atoms with van der Waals surface area (Å²) in [5.41, 5.74) is 2.40. The van der Waals surface area contributed by atoms with Crippen LogP contribution in [0.1, 0.15) is 62.5 Å². The average Bonchev–Trinajstić information content (AvgIpc) is 3.37. The summed E-state index contributed by atoms with van der Waals surface area (Å²) in [6.07, 6.45) is 5.02. The molecule has 2 aromatic heterocycles. The highest BCUT2D eigenvalue weighted by atomic mass is 19.3. The van der Waals surface area contributed by atoms with E-state index >= 15 is 0 Å². The second kappa shape index (κ2) is 6.67. The van der Waals surface area contributed by atoms with Crippen LogP contribution in [0.25, 0.3) is 0 Å². The molecule has 31 heavy (non-hydrogen) atoms. The van der Waals surface area contributed by atoms with Gasteiger partial charge in [0, 0.05) is 67.2 Å². The van der Waals surface area contributed by atoms with E-state index in [2.05, 4.69) is 26.3 Å². The summed E-state index contributed by atoms with van der Waals surface area (Å²) in [5, 5.41) is 11.8. The van der Waals surface area contributed by atoms with Gasteiger partial charge in [-0.05, 0) is 25.7 Å². The highest BCUT2D eigenvalue weighted by Gasteiger charge is 2.53. The minimum Gasteiger partial charge on any atom is -0.325 e. The van der Waals surface area contributed by atoms with E-state index in [0.717, 1.165) is 31.0 Å². The van der Waals surface area contributed by atoms with Crippen molar-refractivity contribution in [2.24, 2.45) is 5.92 Å². The fourth-order valence-electron chi connectivity index (χ4n) is 4.54. The molecular weight excluding hydrogens is 402 g/mol. The predicted molar refractivity (Wildman–Crippen MR) is 109 cm³/mol. The lowest BCUT2D eigenvalue weighted by Gasteiger charge is -2.31. The molecule has 0 radical (unpaired) electrons. The van der Waals surface area contributed by atoms with E-state index in [1.54, 1.807) is 18.3 Å². The number of amides is 1. The first-order chi connectivity index (χ1) is 14.7. The molecule has 1 N–H and O–H groups in total. The monoisotopic (exact) mass is 424 g/mol. The van der Waals surface area contributed by atoms with E-state index in [4.69, 9.17) is 5.26 Å². The zero-order chi connectivity index (χ0) is 22.0. The van der Waals surface area contributed by atoms with E-state index in [0.29, 0.717) is 36.7 Å². The maximum absolute atomic E-state index is 14.2. The van der Waals surface area contributed by atoms with E-state index < -0.39 is 11.7 Å². The number of alkyl halides is 2. The van der Waals surface area contributed by atoms with Gasteiger partial charge in [-0.2, -0.15) is 14.0 Å². The number of pyridine rings is 1. The van der Waals surface area contributed by atoms with Crippen LogP contribution in [0.5, 0.6) is 0 Å². The minimum absolute atomic E-state index is 0.0168. The van der Waals surface area contributed by atoms with Crippen LogP contribution in [0.3, 0.4) is 0 Å². The summed E-state index contributed by atoms with van der Waals surface area (Å²) in [5.74, 6) is -3.14. The first-order valence-corrected chi connectivity index (χ1v) is 10.4. The van der Waals surface area contributed by atoms with Crippen LogP contribution in [0.2, 0.25) is 0 Å². The quantitative estimate of drug-likeness (QED) is 0.793. The van der Waals surface area contributed by atoms with E-state index in [1.807, 2.05) is 4.90 Å². The number of nitriles is 1. The molecule has 0 atom stereocenters. The number of hydrogen-bond donors (Lipinski definition) is 1. The van der Waals surface area contributed by atoms with E-state index in [-0.39, 0.29) is 23.2 Å². The number of nitrogens with one attached hydrogen (secondary N) is 1. The Labute approximate surface area is 178 Å². The molecule has 7 nitrogen and oxygen atoms in total. The van der Waals surface area contributed by atoms with Gasteiger partial charge in [-0.25, -0.2) is 15.0 Å². The van der Waals surface area contributed by atoms with Crippen molar-refractivity contribution in [1.82, 2.24) is 15.0 Å². The van der Waals surface area contributed by atoms with Crippen molar-refractivity contribution >= 4 is 23.2 Å². The second-order valence-electron chi connectivity index (χ2n) is 8.99. The van der Waals surface area contributed by atoms with Crippen LogP contribution >= 0.6 is 0 Å². The first kappa shape index (κ1) is 19.8. The lowest BCUT2D eigenvalue weighted by Crippen LogP contribution is -2.26. The largest absolute Gasteiger partial charge is 0.325 e. The summed E-state index contributed by atoms with van der Waals surface area (Å²) in [6.45, 7) is 2.84. The molecule has 2 aliphatic carbocycles. The molecule has 1 amide bonds. The van der Waals surface area contributed by atoms with Crippen LogP contribution in [0, 0.1) is 17.2 Å². The van der Waals surface area contributed by atoms with Crippen LogP contribution in [0.4, 0.5) is 26.1 Å². The number of rotatable bonds is 4. The SMILES string of the molecule is CC(=O)Nc1cc2c(cn1)C1(CC1)CN2c1cc(C2CC(C#N)C2)nc(C(C)(F)F)n1. The fraction of sp³-hybridized carbons (Fsp3) is 0.500. The molecule has 2 aromatic rings. The molecule has 3 aliphatic rings. The molecule has 2 saturated carbocycles. The molecule has 9 heteroatoms. The van der Waals surface area contributed by atoms with Gasteiger partial charge in [0.05, 0.1) is 11.8 Å². The lowest BCUT2D eigenvalue weighted by atomic mass is 9.74. The molecule has 2 fully saturated rings. The van der Waals surface area contributed by atoms with Crippen molar-refractivity contribution in [1.29, 1.82) is 5.26 Å². The zero-order valence-corrected chi connectivity index (χ0v) is 17.3. The molecule has 160 valence electrons. The third-order valence-corrected chi connectivity index (χ3v) is 6.50.